The van der Waals surface area contributed by atoms with Gasteiger partial charge in [-0.1, -0.05) is 29.8 Å². The number of phenols is 1. The Morgan fingerprint density at radius 3 is 2.68 bits per heavy atom. The van der Waals surface area contributed by atoms with E-state index >= 15 is 0 Å². The van der Waals surface area contributed by atoms with Crippen molar-refractivity contribution in [2.24, 2.45) is 0 Å². The van der Waals surface area contributed by atoms with Crippen LogP contribution in [0.4, 0.5) is 5.69 Å². The second kappa shape index (κ2) is 5.85. The molecule has 0 unspecified atom stereocenters. The average Bonchev–Trinajstić information content (AvgIpc) is 2.41. The third-order valence-electron chi connectivity index (χ3n) is 2.94. The van der Waals surface area contributed by atoms with Crippen LogP contribution in [0.15, 0.2) is 36.4 Å². The van der Waals surface area contributed by atoms with Gasteiger partial charge in [-0.2, -0.15) is 0 Å². The van der Waals surface area contributed by atoms with Gasteiger partial charge in [-0.3, -0.25) is 0 Å². The second-order valence-electron chi connectivity index (χ2n) is 4.28. The Hall–Kier alpha value is -1.87. The van der Waals surface area contributed by atoms with Crippen molar-refractivity contribution in [3.8, 4) is 11.5 Å². The summed E-state index contributed by atoms with van der Waals surface area (Å²) in [7, 11) is 1.60. The van der Waals surface area contributed by atoms with Crippen molar-refractivity contribution in [3.63, 3.8) is 0 Å². The highest BCUT2D eigenvalue weighted by atomic mass is 35.5. The largest absolute Gasteiger partial charge is 0.508 e. The maximum atomic E-state index is 9.72. The molecule has 4 heteroatoms. The molecule has 0 atom stereocenters. The van der Waals surface area contributed by atoms with Crippen LogP contribution in [-0.2, 0) is 6.54 Å². The number of hydrogen-bond donors (Lipinski definition) is 2. The first-order chi connectivity index (χ1) is 9.11. The Bertz CT molecular complexity index is 584. The van der Waals surface area contributed by atoms with Gasteiger partial charge in [0.25, 0.3) is 0 Å². The van der Waals surface area contributed by atoms with E-state index in [0.29, 0.717) is 17.3 Å². The summed E-state index contributed by atoms with van der Waals surface area (Å²) >= 11 is 6.06. The van der Waals surface area contributed by atoms with Crippen LogP contribution < -0.4 is 10.1 Å². The van der Waals surface area contributed by atoms with E-state index in [2.05, 4.69) is 5.32 Å². The number of ether oxygens (including phenoxy) is 1. The van der Waals surface area contributed by atoms with Crippen molar-refractivity contribution < 1.29 is 9.84 Å². The Morgan fingerprint density at radius 2 is 2.00 bits per heavy atom. The van der Waals surface area contributed by atoms with Gasteiger partial charge in [-0.05, 0) is 24.6 Å². The Kier molecular flexibility index (Phi) is 4.17. The first-order valence-corrected chi connectivity index (χ1v) is 6.34. The minimum absolute atomic E-state index is 0.277. The number of halogens is 1. The summed E-state index contributed by atoms with van der Waals surface area (Å²) in [5, 5.41) is 13.6. The summed E-state index contributed by atoms with van der Waals surface area (Å²) in [6, 6.07) is 10.9. The van der Waals surface area contributed by atoms with E-state index in [9.17, 15) is 5.11 Å². The van der Waals surface area contributed by atoms with Crippen molar-refractivity contribution in [1.29, 1.82) is 0 Å². The topological polar surface area (TPSA) is 41.5 Å². The molecule has 2 aromatic rings. The normalized spacial score (nSPS) is 10.3. The highest BCUT2D eigenvalue weighted by Crippen LogP contribution is 2.31. The molecule has 2 aromatic carbocycles. The summed E-state index contributed by atoms with van der Waals surface area (Å²) in [6.45, 7) is 2.46. The van der Waals surface area contributed by atoms with E-state index < -0.39 is 0 Å². The number of aryl methyl sites for hydroxylation is 1. The zero-order valence-corrected chi connectivity index (χ0v) is 11.7. The smallest absolute Gasteiger partial charge is 0.143 e. The molecule has 2 N–H and O–H groups in total. The lowest BCUT2D eigenvalue weighted by Crippen LogP contribution is -2.02. The number of aromatic hydroxyl groups is 1. The first kappa shape index (κ1) is 13.6. The maximum absolute atomic E-state index is 9.72. The van der Waals surface area contributed by atoms with Gasteiger partial charge in [0.2, 0.25) is 0 Å². The van der Waals surface area contributed by atoms with Gasteiger partial charge in [0, 0.05) is 23.2 Å². The van der Waals surface area contributed by atoms with Crippen LogP contribution in [0.1, 0.15) is 11.1 Å². The maximum Gasteiger partial charge on any atom is 0.143 e. The number of nitrogens with one attached hydrogen (secondary N) is 1. The predicted octanol–water partition coefficient (Wildman–Crippen LogP) is 3.97. The van der Waals surface area contributed by atoms with Crippen molar-refractivity contribution in [3.05, 3.63) is 52.5 Å². The summed E-state index contributed by atoms with van der Waals surface area (Å²) in [5.41, 5.74) is 2.66. The molecule has 19 heavy (non-hydrogen) atoms. The SMILES string of the molecule is COc1cc(Cl)c(C)cc1NCc1ccccc1O. The minimum Gasteiger partial charge on any atom is -0.508 e. The van der Waals surface area contributed by atoms with Gasteiger partial charge in [0.1, 0.15) is 11.5 Å². The molecule has 2 rings (SSSR count). The standard InChI is InChI=1S/C15H16ClNO2/c1-10-7-13(15(19-2)8-12(10)16)17-9-11-5-3-4-6-14(11)18/h3-8,17-18H,9H2,1-2H3. The lowest BCUT2D eigenvalue weighted by atomic mass is 10.1. The van der Waals surface area contributed by atoms with Crippen LogP contribution in [0.5, 0.6) is 11.5 Å². The molecule has 0 aromatic heterocycles. The molecule has 0 amide bonds. The number of anilines is 1. The molecule has 0 aliphatic rings. The van der Waals surface area contributed by atoms with E-state index in [1.54, 1.807) is 25.3 Å². The lowest BCUT2D eigenvalue weighted by molar-refractivity contribution is 0.416. The summed E-state index contributed by atoms with van der Waals surface area (Å²) in [4.78, 5) is 0. The van der Waals surface area contributed by atoms with Gasteiger partial charge in [0.15, 0.2) is 0 Å². The molecular formula is C15H16ClNO2. The molecule has 0 aliphatic heterocycles. The van der Waals surface area contributed by atoms with Crippen molar-refractivity contribution in [1.82, 2.24) is 0 Å². The zero-order valence-electron chi connectivity index (χ0n) is 10.9. The first-order valence-electron chi connectivity index (χ1n) is 5.96. The molecule has 100 valence electrons. The van der Waals surface area contributed by atoms with Crippen molar-refractivity contribution in [2.45, 2.75) is 13.5 Å². The fraction of sp³-hybridized carbons (Fsp3) is 0.200. The van der Waals surface area contributed by atoms with E-state index in [-0.39, 0.29) is 5.75 Å². The minimum atomic E-state index is 0.277. The molecule has 0 aliphatic carbocycles. The van der Waals surface area contributed by atoms with Crippen LogP contribution in [-0.4, -0.2) is 12.2 Å². The van der Waals surface area contributed by atoms with Gasteiger partial charge < -0.3 is 15.2 Å². The molecule has 0 saturated heterocycles. The monoisotopic (exact) mass is 277 g/mol. The molecular weight excluding hydrogens is 262 g/mol. The third kappa shape index (κ3) is 3.12. The molecule has 0 radical (unpaired) electrons. The fourth-order valence-corrected chi connectivity index (χ4v) is 1.97. The number of rotatable bonds is 4. The number of benzene rings is 2. The van der Waals surface area contributed by atoms with E-state index in [0.717, 1.165) is 16.8 Å². The Balaban J connectivity index is 2.20. The Morgan fingerprint density at radius 1 is 1.26 bits per heavy atom. The van der Waals surface area contributed by atoms with Crippen molar-refractivity contribution >= 4 is 17.3 Å². The highest BCUT2D eigenvalue weighted by Gasteiger charge is 2.07. The van der Waals surface area contributed by atoms with Gasteiger partial charge >= 0.3 is 0 Å². The molecule has 0 fully saturated rings. The second-order valence-corrected chi connectivity index (χ2v) is 4.69. The van der Waals surface area contributed by atoms with E-state index in [1.165, 1.54) is 0 Å². The number of phenolic OH excluding ortho intramolecular Hbond substituents is 1. The van der Waals surface area contributed by atoms with Gasteiger partial charge in [0.05, 0.1) is 12.8 Å². The van der Waals surface area contributed by atoms with Crippen LogP contribution in [0.25, 0.3) is 0 Å². The number of para-hydroxylation sites is 1. The predicted molar refractivity (Wildman–Crippen MR) is 78.2 cm³/mol. The van der Waals surface area contributed by atoms with Gasteiger partial charge in [-0.25, -0.2) is 0 Å². The van der Waals surface area contributed by atoms with E-state index in [1.807, 2.05) is 25.1 Å². The summed E-state index contributed by atoms with van der Waals surface area (Å²) in [6.07, 6.45) is 0. The molecule has 0 saturated carbocycles. The van der Waals surface area contributed by atoms with Crippen LogP contribution in [0.3, 0.4) is 0 Å². The fourth-order valence-electron chi connectivity index (χ4n) is 1.82. The number of methoxy groups -OCH3 is 1. The molecule has 0 spiro atoms. The van der Waals surface area contributed by atoms with Crippen LogP contribution in [0.2, 0.25) is 5.02 Å². The third-order valence-corrected chi connectivity index (χ3v) is 3.35. The molecule has 0 bridgehead atoms. The average molecular weight is 278 g/mol. The quantitative estimate of drug-likeness (QED) is 0.888. The molecule has 0 heterocycles. The van der Waals surface area contributed by atoms with Crippen LogP contribution >= 0.6 is 11.6 Å². The summed E-state index contributed by atoms with van der Waals surface area (Å²) in [5.74, 6) is 0.964. The summed E-state index contributed by atoms with van der Waals surface area (Å²) < 4.78 is 5.29. The Labute approximate surface area is 117 Å². The van der Waals surface area contributed by atoms with Crippen LogP contribution in [0, 0.1) is 6.92 Å². The van der Waals surface area contributed by atoms with E-state index in [4.69, 9.17) is 16.3 Å². The van der Waals surface area contributed by atoms with Crippen molar-refractivity contribution in [2.75, 3.05) is 12.4 Å². The lowest BCUT2D eigenvalue weighted by Gasteiger charge is -2.13. The number of hydrogen-bond acceptors (Lipinski definition) is 3. The molecule has 3 nitrogen and oxygen atoms in total. The zero-order chi connectivity index (χ0) is 13.8. The highest BCUT2D eigenvalue weighted by molar-refractivity contribution is 6.31. The van der Waals surface area contributed by atoms with Gasteiger partial charge in [-0.15, -0.1) is 0 Å².